The molecule has 2 aliphatic rings. The molecular formula is C19H28N6O2. The first-order chi connectivity index (χ1) is 13.1. The molecule has 0 saturated carbocycles. The Labute approximate surface area is 159 Å². The Morgan fingerprint density at radius 2 is 2.26 bits per heavy atom. The van der Waals surface area contributed by atoms with Crippen LogP contribution in [0.5, 0.6) is 0 Å². The third-order valence-electron chi connectivity index (χ3n) is 5.37. The minimum absolute atomic E-state index is 0.0829. The number of carbonyl (C=O) groups is 1. The fourth-order valence-electron chi connectivity index (χ4n) is 3.86. The van der Waals surface area contributed by atoms with Crippen LogP contribution >= 0.6 is 0 Å². The molecule has 1 saturated heterocycles. The predicted octanol–water partition coefficient (Wildman–Crippen LogP) is 2.18. The monoisotopic (exact) mass is 372 g/mol. The van der Waals surface area contributed by atoms with Crippen LogP contribution in [0.4, 0.5) is 0 Å². The first kappa shape index (κ1) is 18.2. The lowest BCUT2D eigenvalue weighted by molar-refractivity contribution is -0.132. The lowest BCUT2D eigenvalue weighted by Gasteiger charge is -2.21. The Morgan fingerprint density at radius 3 is 3.07 bits per heavy atom. The number of amides is 1. The molecule has 1 amide bonds. The first-order valence-corrected chi connectivity index (χ1v) is 10.0. The number of carbonyl (C=O) groups excluding carboxylic acids is 1. The number of aromatic nitrogens is 4. The Morgan fingerprint density at radius 1 is 1.37 bits per heavy atom. The lowest BCUT2D eigenvalue weighted by Crippen LogP contribution is -2.31. The van der Waals surface area contributed by atoms with Crippen molar-refractivity contribution in [2.45, 2.75) is 71.0 Å². The van der Waals surface area contributed by atoms with Gasteiger partial charge in [0, 0.05) is 38.4 Å². The minimum atomic E-state index is -0.0829. The molecule has 27 heavy (non-hydrogen) atoms. The average molecular weight is 372 g/mol. The number of hydrogen-bond acceptors (Lipinski definition) is 6. The van der Waals surface area contributed by atoms with E-state index in [1.54, 1.807) is 0 Å². The molecule has 0 aliphatic carbocycles. The van der Waals surface area contributed by atoms with Crippen LogP contribution in [-0.4, -0.2) is 43.8 Å². The van der Waals surface area contributed by atoms with Gasteiger partial charge in [0.2, 0.25) is 11.8 Å². The summed E-state index contributed by atoms with van der Waals surface area (Å²) in [5.41, 5.74) is 2.21. The van der Waals surface area contributed by atoms with E-state index in [4.69, 9.17) is 4.52 Å². The maximum atomic E-state index is 12.8. The second kappa shape index (κ2) is 7.80. The molecule has 8 nitrogen and oxygen atoms in total. The highest BCUT2D eigenvalue weighted by Gasteiger charge is 2.34. The van der Waals surface area contributed by atoms with Crippen LogP contribution < -0.4 is 5.32 Å². The molecule has 8 heteroatoms. The van der Waals surface area contributed by atoms with Crippen molar-refractivity contribution in [3.63, 3.8) is 0 Å². The van der Waals surface area contributed by atoms with Gasteiger partial charge in [-0.25, -0.2) is 0 Å². The molecule has 1 atom stereocenters. The standard InChI is InChI=1S/C19H28N6O2/c1-13(2)18-21-19(27-23-18)16-5-3-9-24(16)17(26)7-6-14-11-15-12-20-8-4-10-25(15)22-14/h11,13,16,20H,3-10,12H2,1-2H3/t16-/m1/s1. The van der Waals surface area contributed by atoms with Crippen LogP contribution in [0.15, 0.2) is 10.6 Å². The van der Waals surface area contributed by atoms with Gasteiger partial charge in [0.25, 0.3) is 0 Å². The van der Waals surface area contributed by atoms with E-state index >= 15 is 0 Å². The number of nitrogens with one attached hydrogen (secondary N) is 1. The molecule has 2 aliphatic heterocycles. The Bertz CT molecular complexity index is 772. The Hall–Kier alpha value is -2.22. The molecule has 0 bridgehead atoms. The molecule has 2 aromatic heterocycles. The lowest BCUT2D eigenvalue weighted by atomic mass is 10.1. The van der Waals surface area contributed by atoms with E-state index in [0.29, 0.717) is 24.6 Å². The van der Waals surface area contributed by atoms with Gasteiger partial charge in [-0.1, -0.05) is 19.0 Å². The molecule has 0 spiro atoms. The van der Waals surface area contributed by atoms with E-state index in [1.165, 1.54) is 5.69 Å². The van der Waals surface area contributed by atoms with Gasteiger partial charge in [0.05, 0.1) is 11.4 Å². The maximum Gasteiger partial charge on any atom is 0.249 e. The van der Waals surface area contributed by atoms with Crippen LogP contribution in [0.25, 0.3) is 0 Å². The highest BCUT2D eigenvalue weighted by Crippen LogP contribution is 2.32. The zero-order chi connectivity index (χ0) is 18.8. The van der Waals surface area contributed by atoms with Crippen molar-refractivity contribution in [1.82, 2.24) is 30.1 Å². The van der Waals surface area contributed by atoms with Gasteiger partial charge in [-0.3, -0.25) is 9.48 Å². The summed E-state index contributed by atoms with van der Waals surface area (Å²) < 4.78 is 7.52. The largest absolute Gasteiger partial charge is 0.337 e. The number of aryl methyl sites for hydroxylation is 2. The van der Waals surface area contributed by atoms with Crippen LogP contribution in [0, 0.1) is 0 Å². The third-order valence-corrected chi connectivity index (χ3v) is 5.37. The van der Waals surface area contributed by atoms with Gasteiger partial charge in [0.1, 0.15) is 6.04 Å². The van der Waals surface area contributed by atoms with Crippen molar-refractivity contribution in [1.29, 1.82) is 0 Å². The summed E-state index contributed by atoms with van der Waals surface area (Å²) in [5, 5.41) is 12.1. The fourth-order valence-corrected chi connectivity index (χ4v) is 3.86. The van der Waals surface area contributed by atoms with Crippen LogP contribution in [0.3, 0.4) is 0 Å². The second-order valence-electron chi connectivity index (χ2n) is 7.77. The Balaban J connectivity index is 1.38. The average Bonchev–Trinajstić information content (AvgIpc) is 3.36. The van der Waals surface area contributed by atoms with E-state index in [2.05, 4.69) is 31.3 Å². The van der Waals surface area contributed by atoms with Gasteiger partial charge < -0.3 is 14.7 Å². The van der Waals surface area contributed by atoms with Crippen molar-refractivity contribution in [3.05, 3.63) is 29.2 Å². The minimum Gasteiger partial charge on any atom is -0.337 e. The first-order valence-electron chi connectivity index (χ1n) is 10.0. The SMILES string of the molecule is CC(C)c1noc([C@H]2CCCN2C(=O)CCc2cc3n(n2)CCCNC3)n1. The van der Waals surface area contributed by atoms with Gasteiger partial charge in [-0.05, 0) is 31.9 Å². The summed E-state index contributed by atoms with van der Waals surface area (Å²) in [6.07, 6.45) is 4.08. The predicted molar refractivity (Wildman–Crippen MR) is 98.9 cm³/mol. The second-order valence-corrected chi connectivity index (χ2v) is 7.77. The van der Waals surface area contributed by atoms with E-state index in [1.807, 2.05) is 18.7 Å². The quantitative estimate of drug-likeness (QED) is 0.865. The summed E-state index contributed by atoms with van der Waals surface area (Å²) >= 11 is 0. The number of likely N-dealkylation sites (tertiary alicyclic amines) is 1. The molecule has 1 N–H and O–H groups in total. The number of nitrogens with zero attached hydrogens (tertiary/aromatic N) is 5. The van der Waals surface area contributed by atoms with Crippen molar-refractivity contribution >= 4 is 5.91 Å². The highest BCUT2D eigenvalue weighted by atomic mass is 16.5. The smallest absolute Gasteiger partial charge is 0.249 e. The van der Waals surface area contributed by atoms with Gasteiger partial charge in [-0.15, -0.1) is 0 Å². The van der Waals surface area contributed by atoms with Crippen LogP contribution in [-0.2, 0) is 24.3 Å². The molecule has 4 rings (SSSR count). The van der Waals surface area contributed by atoms with Crippen LogP contribution in [0.2, 0.25) is 0 Å². The topological polar surface area (TPSA) is 89.1 Å². The van der Waals surface area contributed by atoms with Gasteiger partial charge >= 0.3 is 0 Å². The van der Waals surface area contributed by atoms with Crippen molar-refractivity contribution in [2.24, 2.45) is 0 Å². The van der Waals surface area contributed by atoms with E-state index in [9.17, 15) is 4.79 Å². The third kappa shape index (κ3) is 3.90. The molecule has 1 fully saturated rings. The van der Waals surface area contributed by atoms with E-state index < -0.39 is 0 Å². The summed E-state index contributed by atoms with van der Waals surface area (Å²) in [4.78, 5) is 19.2. The van der Waals surface area contributed by atoms with Gasteiger partial charge in [0.15, 0.2) is 5.82 Å². The number of fused-ring (bicyclic) bond motifs is 1. The zero-order valence-electron chi connectivity index (χ0n) is 16.1. The molecule has 146 valence electrons. The number of hydrogen-bond donors (Lipinski definition) is 1. The summed E-state index contributed by atoms with van der Waals surface area (Å²) in [7, 11) is 0. The summed E-state index contributed by atoms with van der Waals surface area (Å²) in [5.74, 6) is 1.64. The van der Waals surface area contributed by atoms with E-state index in [-0.39, 0.29) is 17.9 Å². The molecule has 0 unspecified atom stereocenters. The van der Waals surface area contributed by atoms with Crippen molar-refractivity contribution in [2.75, 3.05) is 13.1 Å². The summed E-state index contributed by atoms with van der Waals surface area (Å²) in [6, 6.07) is 2.04. The molecular weight excluding hydrogens is 344 g/mol. The maximum absolute atomic E-state index is 12.8. The van der Waals surface area contributed by atoms with Gasteiger partial charge in [-0.2, -0.15) is 10.1 Å². The summed E-state index contributed by atoms with van der Waals surface area (Å²) in [6.45, 7) is 7.65. The number of rotatable bonds is 5. The van der Waals surface area contributed by atoms with Crippen molar-refractivity contribution in [3.8, 4) is 0 Å². The highest BCUT2D eigenvalue weighted by molar-refractivity contribution is 5.77. The fraction of sp³-hybridized carbons (Fsp3) is 0.684. The van der Waals surface area contributed by atoms with Crippen molar-refractivity contribution < 1.29 is 9.32 Å². The molecule has 0 aromatic carbocycles. The van der Waals surface area contributed by atoms with E-state index in [0.717, 1.165) is 51.1 Å². The molecule has 4 heterocycles. The zero-order valence-corrected chi connectivity index (χ0v) is 16.1. The molecule has 2 aromatic rings. The Kier molecular flexibility index (Phi) is 5.24. The normalized spacial score (nSPS) is 20.1. The van der Waals surface area contributed by atoms with Crippen LogP contribution in [0.1, 0.15) is 74.6 Å². The molecule has 0 radical (unpaired) electrons.